The van der Waals surface area contributed by atoms with Crippen LogP contribution in [0.25, 0.3) is 0 Å². The fraction of sp³-hybridized carbons (Fsp3) is 1.00. The molecule has 0 bridgehead atoms. The predicted molar refractivity (Wildman–Crippen MR) is 36.3 cm³/mol. The zero-order valence-electron chi connectivity index (χ0n) is 4.75. The fourth-order valence-electron chi connectivity index (χ4n) is 0.271. The molecule has 0 aliphatic heterocycles. The van der Waals surface area contributed by atoms with Gasteiger partial charge in [-0.15, -0.1) is 0 Å². The fourth-order valence-corrected chi connectivity index (χ4v) is 1.58. The highest BCUT2D eigenvalue weighted by molar-refractivity contribution is 8.67. The van der Waals surface area contributed by atoms with E-state index in [1.165, 1.54) is 0 Å². The Kier molecular flexibility index (Phi) is 5.92. The van der Waals surface area contributed by atoms with Crippen LogP contribution in [-0.2, 0) is 10.1 Å². The molecule has 0 saturated heterocycles. The van der Waals surface area contributed by atoms with Gasteiger partial charge in [-0.2, -0.15) is 0 Å². The van der Waals surface area contributed by atoms with Crippen molar-refractivity contribution in [2.75, 3.05) is 5.75 Å². The Morgan fingerprint density at radius 2 is 2.38 bits per heavy atom. The van der Waals surface area contributed by atoms with E-state index in [0.29, 0.717) is 0 Å². The summed E-state index contributed by atoms with van der Waals surface area (Å²) in [6.07, 6.45) is 2.04. The van der Waals surface area contributed by atoms with Gasteiger partial charge >= 0.3 is 0 Å². The van der Waals surface area contributed by atoms with Crippen molar-refractivity contribution in [1.29, 1.82) is 0 Å². The molecular formula is C4H9O2S2-. The van der Waals surface area contributed by atoms with Crippen molar-refractivity contribution in [3.05, 3.63) is 0 Å². The third-order valence-electron chi connectivity index (χ3n) is 0.677. The topological polar surface area (TPSA) is 40.1 Å². The van der Waals surface area contributed by atoms with Crippen LogP contribution in [0.15, 0.2) is 0 Å². The van der Waals surface area contributed by atoms with Crippen LogP contribution in [0.3, 0.4) is 0 Å². The van der Waals surface area contributed by atoms with Gasteiger partial charge in [0, 0.05) is 15.9 Å². The van der Waals surface area contributed by atoms with E-state index < -0.39 is 10.1 Å². The molecule has 2 nitrogen and oxygen atoms in total. The molecule has 0 fully saturated rings. The molecule has 0 amide bonds. The van der Waals surface area contributed by atoms with Crippen molar-refractivity contribution < 1.29 is 8.76 Å². The molecule has 0 aliphatic carbocycles. The maximum Gasteiger partial charge on any atom is 0.00685 e. The third-order valence-corrected chi connectivity index (χ3v) is 2.40. The van der Waals surface area contributed by atoms with Crippen LogP contribution in [0.1, 0.15) is 19.8 Å². The normalized spacial score (nSPS) is 13.8. The minimum absolute atomic E-state index is 0.729. The summed E-state index contributed by atoms with van der Waals surface area (Å²) in [4.78, 5) is 0. The molecule has 0 aromatic carbocycles. The molecule has 0 spiro atoms. The molecule has 0 aromatic rings. The molecular weight excluding hydrogens is 144 g/mol. The molecule has 0 heterocycles. The molecule has 0 aliphatic rings. The highest BCUT2D eigenvalue weighted by Gasteiger charge is 1.83. The average Bonchev–Trinajstić information content (AvgIpc) is 1.66. The van der Waals surface area contributed by atoms with E-state index in [-0.39, 0.29) is 0 Å². The van der Waals surface area contributed by atoms with E-state index in [9.17, 15) is 8.76 Å². The van der Waals surface area contributed by atoms with Gasteiger partial charge in [-0.05, 0) is 6.42 Å². The predicted octanol–water partition coefficient (Wildman–Crippen LogP) is 1.31. The average molecular weight is 153 g/mol. The first-order chi connectivity index (χ1) is 3.77. The summed E-state index contributed by atoms with van der Waals surface area (Å²) in [5.41, 5.74) is 0. The summed E-state index contributed by atoms with van der Waals surface area (Å²) in [5, 5.41) is 0. The molecule has 1 atom stereocenters. The summed E-state index contributed by atoms with van der Waals surface area (Å²) < 4.78 is 19.7. The van der Waals surface area contributed by atoms with Gasteiger partial charge in [-0.25, -0.2) is 0 Å². The van der Waals surface area contributed by atoms with Gasteiger partial charge in [0.15, 0.2) is 0 Å². The van der Waals surface area contributed by atoms with Crippen molar-refractivity contribution in [3.8, 4) is 0 Å². The van der Waals surface area contributed by atoms with Gasteiger partial charge in [0.25, 0.3) is 0 Å². The van der Waals surface area contributed by atoms with E-state index in [1.807, 2.05) is 6.92 Å². The first-order valence-corrected chi connectivity index (χ1v) is 5.07. The number of rotatable bonds is 4. The van der Waals surface area contributed by atoms with Gasteiger partial charge in [0.05, 0.1) is 0 Å². The highest BCUT2D eigenvalue weighted by Crippen LogP contribution is 2.06. The molecule has 0 saturated carbocycles. The quantitative estimate of drug-likeness (QED) is 0.347. The molecule has 0 N–H and O–H groups in total. The lowest BCUT2D eigenvalue weighted by Crippen LogP contribution is -1.81. The molecule has 4 heteroatoms. The van der Waals surface area contributed by atoms with Gasteiger partial charge in [-0.3, -0.25) is 4.21 Å². The van der Waals surface area contributed by atoms with Crippen LogP contribution in [0.5, 0.6) is 0 Å². The van der Waals surface area contributed by atoms with Crippen LogP contribution in [0.4, 0.5) is 0 Å². The number of hydrogen-bond acceptors (Lipinski definition) is 3. The zero-order valence-corrected chi connectivity index (χ0v) is 6.39. The van der Waals surface area contributed by atoms with Gasteiger partial charge in [-0.1, -0.05) is 24.1 Å². The lowest BCUT2D eigenvalue weighted by atomic mass is 10.4. The largest absolute Gasteiger partial charge is 0.764 e. The number of unbranched alkanes of at least 4 members (excludes halogenated alkanes) is 1. The maximum atomic E-state index is 9.84. The van der Waals surface area contributed by atoms with E-state index in [0.717, 1.165) is 29.4 Å². The number of hydrogen-bond donors (Lipinski definition) is 0. The van der Waals surface area contributed by atoms with Gasteiger partial charge < -0.3 is 4.55 Å². The smallest absolute Gasteiger partial charge is 0.00685 e. The van der Waals surface area contributed by atoms with Crippen LogP contribution in [0, 0.1) is 0 Å². The van der Waals surface area contributed by atoms with Crippen molar-refractivity contribution in [2.45, 2.75) is 19.8 Å². The molecule has 1 unspecified atom stereocenters. The Morgan fingerprint density at radius 1 is 1.75 bits per heavy atom. The Balaban J connectivity index is 2.82. The highest BCUT2D eigenvalue weighted by atomic mass is 33.1. The van der Waals surface area contributed by atoms with Crippen LogP contribution >= 0.6 is 10.8 Å². The second kappa shape index (κ2) is 5.59. The molecule has 0 aromatic heterocycles. The monoisotopic (exact) mass is 153 g/mol. The van der Waals surface area contributed by atoms with E-state index in [4.69, 9.17) is 0 Å². The zero-order chi connectivity index (χ0) is 6.41. The SMILES string of the molecule is CCCCSS(=O)[O-]. The molecule has 8 heavy (non-hydrogen) atoms. The second-order valence-corrected chi connectivity index (χ2v) is 3.96. The van der Waals surface area contributed by atoms with Crippen molar-refractivity contribution in [1.82, 2.24) is 0 Å². The van der Waals surface area contributed by atoms with Crippen molar-refractivity contribution in [3.63, 3.8) is 0 Å². The lowest BCUT2D eigenvalue weighted by molar-refractivity contribution is 0.553. The second-order valence-electron chi connectivity index (χ2n) is 1.38. The van der Waals surface area contributed by atoms with Crippen molar-refractivity contribution >= 4 is 20.9 Å². The van der Waals surface area contributed by atoms with Crippen LogP contribution in [-0.4, -0.2) is 14.5 Å². The Bertz CT molecular complexity index is 74.4. The molecule has 50 valence electrons. The maximum absolute atomic E-state index is 9.84. The Labute approximate surface area is 55.7 Å². The first kappa shape index (κ1) is 8.46. The Morgan fingerprint density at radius 3 is 2.75 bits per heavy atom. The minimum Gasteiger partial charge on any atom is -0.764 e. The minimum atomic E-state index is -1.90. The van der Waals surface area contributed by atoms with E-state index >= 15 is 0 Å². The summed E-state index contributed by atoms with van der Waals surface area (Å²) >= 11 is 0. The van der Waals surface area contributed by atoms with Crippen LogP contribution in [0.2, 0.25) is 0 Å². The molecule has 0 radical (unpaired) electrons. The summed E-state index contributed by atoms with van der Waals surface area (Å²) in [5.74, 6) is 0.729. The third kappa shape index (κ3) is 6.46. The summed E-state index contributed by atoms with van der Waals surface area (Å²) in [7, 11) is -0.928. The van der Waals surface area contributed by atoms with Gasteiger partial charge in [0.1, 0.15) is 0 Å². The van der Waals surface area contributed by atoms with E-state index in [2.05, 4.69) is 0 Å². The van der Waals surface area contributed by atoms with Gasteiger partial charge in [0.2, 0.25) is 0 Å². The Hall–Kier alpha value is 0.460. The lowest BCUT2D eigenvalue weighted by Gasteiger charge is -2.00. The standard InChI is InChI=1S/C4H10O2S2/c1-2-3-4-7-8(5)6/h2-4H2,1H3,(H,5,6)/p-1. The van der Waals surface area contributed by atoms with Crippen LogP contribution < -0.4 is 0 Å². The summed E-state index contributed by atoms with van der Waals surface area (Å²) in [6.45, 7) is 2.04. The van der Waals surface area contributed by atoms with E-state index in [1.54, 1.807) is 0 Å². The van der Waals surface area contributed by atoms with Crippen molar-refractivity contribution in [2.24, 2.45) is 0 Å². The first-order valence-electron chi connectivity index (χ1n) is 2.50. The summed E-state index contributed by atoms with van der Waals surface area (Å²) in [6, 6.07) is 0. The molecule has 0 rings (SSSR count).